The molecule has 0 saturated carbocycles. The minimum absolute atomic E-state index is 0.246. The molecule has 114 valence electrons. The third-order valence-electron chi connectivity index (χ3n) is 3.15. The van der Waals surface area contributed by atoms with Gasteiger partial charge < -0.3 is 5.73 Å². The van der Waals surface area contributed by atoms with Crippen LogP contribution in [-0.4, -0.2) is 24.8 Å². The fourth-order valence-electron chi connectivity index (χ4n) is 1.89. The molecule has 0 saturated heterocycles. The first-order chi connectivity index (χ1) is 9.86. The van der Waals surface area contributed by atoms with Crippen molar-refractivity contribution in [2.24, 2.45) is 5.73 Å². The van der Waals surface area contributed by atoms with Crippen LogP contribution >= 0.6 is 27.3 Å². The summed E-state index contributed by atoms with van der Waals surface area (Å²) < 4.78 is 27.5. The largest absolute Gasteiger partial charge is 0.326 e. The highest BCUT2D eigenvalue weighted by atomic mass is 79.9. The van der Waals surface area contributed by atoms with Crippen LogP contribution < -0.4 is 5.73 Å². The number of hydrogen-bond donors (Lipinski definition) is 1. The number of sulfonamides is 1. The Morgan fingerprint density at radius 3 is 2.71 bits per heavy atom. The van der Waals surface area contributed by atoms with Gasteiger partial charge in [-0.1, -0.05) is 15.9 Å². The fraction of sp³-hybridized carbons (Fsp3) is 0.308. The van der Waals surface area contributed by atoms with Crippen LogP contribution in [0.2, 0.25) is 0 Å². The zero-order valence-electron chi connectivity index (χ0n) is 11.7. The SMILES string of the molecule is Cc1c(Br)cc(CN)cc1S(=O)(=O)N(C)Cc1cscn1. The van der Waals surface area contributed by atoms with Gasteiger partial charge in [0.05, 0.1) is 22.6 Å². The van der Waals surface area contributed by atoms with Crippen molar-refractivity contribution in [2.45, 2.75) is 24.9 Å². The molecule has 0 aliphatic heterocycles. The quantitative estimate of drug-likeness (QED) is 0.851. The van der Waals surface area contributed by atoms with Crippen molar-refractivity contribution in [1.29, 1.82) is 0 Å². The summed E-state index contributed by atoms with van der Waals surface area (Å²) in [6, 6.07) is 3.47. The smallest absolute Gasteiger partial charge is 0.243 e. The van der Waals surface area contributed by atoms with E-state index in [1.807, 2.05) is 11.4 Å². The summed E-state index contributed by atoms with van der Waals surface area (Å²) in [5.74, 6) is 0. The lowest BCUT2D eigenvalue weighted by molar-refractivity contribution is 0.462. The predicted octanol–water partition coefficient (Wildman–Crippen LogP) is 2.49. The molecular weight excluding hydrogens is 374 g/mol. The molecule has 2 aromatic rings. The Kier molecular flexibility index (Phi) is 5.15. The van der Waals surface area contributed by atoms with E-state index in [2.05, 4.69) is 20.9 Å². The van der Waals surface area contributed by atoms with Gasteiger partial charge in [0.1, 0.15) is 0 Å². The normalized spacial score (nSPS) is 12.0. The maximum atomic E-state index is 12.7. The summed E-state index contributed by atoms with van der Waals surface area (Å²) in [5.41, 5.74) is 9.50. The summed E-state index contributed by atoms with van der Waals surface area (Å²) in [4.78, 5) is 4.39. The number of halogens is 1. The zero-order valence-corrected chi connectivity index (χ0v) is 14.9. The van der Waals surface area contributed by atoms with Gasteiger partial charge in [-0.3, -0.25) is 0 Å². The topological polar surface area (TPSA) is 76.3 Å². The van der Waals surface area contributed by atoms with Crippen LogP contribution in [-0.2, 0) is 23.1 Å². The number of aromatic nitrogens is 1. The summed E-state index contributed by atoms with van der Waals surface area (Å²) in [6.07, 6.45) is 0. The zero-order chi connectivity index (χ0) is 15.6. The highest BCUT2D eigenvalue weighted by Crippen LogP contribution is 2.28. The Morgan fingerprint density at radius 2 is 2.14 bits per heavy atom. The van der Waals surface area contributed by atoms with E-state index in [1.54, 1.807) is 25.5 Å². The van der Waals surface area contributed by atoms with Gasteiger partial charge in [0, 0.05) is 23.4 Å². The van der Waals surface area contributed by atoms with Crippen LogP contribution in [0.3, 0.4) is 0 Å². The molecule has 0 fully saturated rings. The molecule has 2 N–H and O–H groups in total. The first-order valence-corrected chi connectivity index (χ1v) is 9.36. The monoisotopic (exact) mass is 389 g/mol. The Labute approximate surface area is 137 Å². The molecule has 8 heteroatoms. The van der Waals surface area contributed by atoms with E-state index in [0.29, 0.717) is 5.56 Å². The van der Waals surface area contributed by atoms with Gasteiger partial charge in [-0.05, 0) is 30.2 Å². The lowest BCUT2D eigenvalue weighted by Gasteiger charge is -2.19. The molecule has 0 aliphatic carbocycles. The fourth-order valence-corrected chi connectivity index (χ4v) is 4.51. The minimum atomic E-state index is -3.59. The van der Waals surface area contributed by atoms with E-state index in [9.17, 15) is 8.42 Å². The molecule has 0 radical (unpaired) electrons. The Hall–Kier alpha value is -0.800. The highest BCUT2D eigenvalue weighted by Gasteiger charge is 2.25. The molecule has 0 bridgehead atoms. The van der Waals surface area contributed by atoms with Gasteiger partial charge in [-0.15, -0.1) is 11.3 Å². The highest BCUT2D eigenvalue weighted by molar-refractivity contribution is 9.10. The number of nitrogens with two attached hydrogens (primary N) is 1. The van der Waals surface area contributed by atoms with Gasteiger partial charge in [0.15, 0.2) is 0 Å². The summed E-state index contributed by atoms with van der Waals surface area (Å²) in [5, 5.41) is 1.84. The van der Waals surface area contributed by atoms with Crippen molar-refractivity contribution in [2.75, 3.05) is 7.05 Å². The standard InChI is InChI=1S/C13H16BrN3O2S2/c1-9-12(14)3-10(5-15)4-13(9)21(18,19)17(2)6-11-7-20-8-16-11/h3-4,7-8H,5-6,15H2,1-2H3. The van der Waals surface area contributed by atoms with E-state index in [-0.39, 0.29) is 18.0 Å². The molecule has 1 aromatic carbocycles. The molecule has 1 heterocycles. The molecule has 5 nitrogen and oxygen atoms in total. The number of benzene rings is 1. The van der Waals surface area contributed by atoms with Gasteiger partial charge >= 0.3 is 0 Å². The van der Waals surface area contributed by atoms with Crippen LogP contribution in [0.5, 0.6) is 0 Å². The van der Waals surface area contributed by atoms with Crippen molar-refractivity contribution in [1.82, 2.24) is 9.29 Å². The molecule has 0 aliphatic rings. The van der Waals surface area contributed by atoms with Gasteiger partial charge in [-0.25, -0.2) is 13.4 Å². The molecule has 2 rings (SSSR count). The maximum absolute atomic E-state index is 12.7. The number of thiazole rings is 1. The average molecular weight is 390 g/mol. The third kappa shape index (κ3) is 3.51. The predicted molar refractivity (Wildman–Crippen MR) is 87.5 cm³/mol. The molecule has 1 aromatic heterocycles. The summed E-state index contributed by atoms with van der Waals surface area (Å²) in [7, 11) is -2.04. The summed E-state index contributed by atoms with van der Waals surface area (Å²) in [6.45, 7) is 2.31. The summed E-state index contributed by atoms with van der Waals surface area (Å²) >= 11 is 4.83. The Balaban J connectivity index is 2.41. The number of hydrogen-bond acceptors (Lipinski definition) is 5. The first-order valence-electron chi connectivity index (χ1n) is 6.18. The lowest BCUT2D eigenvalue weighted by atomic mass is 10.1. The molecule has 0 amide bonds. The van der Waals surface area contributed by atoms with Crippen molar-refractivity contribution in [3.8, 4) is 0 Å². The first kappa shape index (κ1) is 16.6. The second-order valence-corrected chi connectivity index (χ2v) is 8.23. The Morgan fingerprint density at radius 1 is 1.43 bits per heavy atom. The Bertz CT molecular complexity index is 730. The van der Waals surface area contributed by atoms with E-state index in [0.717, 1.165) is 15.7 Å². The second-order valence-electron chi connectivity index (χ2n) is 4.65. The third-order valence-corrected chi connectivity index (χ3v) is 6.54. The van der Waals surface area contributed by atoms with Crippen molar-refractivity contribution < 1.29 is 8.42 Å². The maximum Gasteiger partial charge on any atom is 0.243 e. The lowest BCUT2D eigenvalue weighted by Crippen LogP contribution is -2.27. The van der Waals surface area contributed by atoms with Crippen LogP contribution in [0, 0.1) is 6.92 Å². The van der Waals surface area contributed by atoms with E-state index < -0.39 is 10.0 Å². The van der Waals surface area contributed by atoms with Crippen molar-refractivity contribution in [3.05, 3.63) is 44.3 Å². The van der Waals surface area contributed by atoms with Gasteiger partial charge in [-0.2, -0.15) is 4.31 Å². The van der Waals surface area contributed by atoms with Crippen LogP contribution in [0.15, 0.2) is 32.4 Å². The van der Waals surface area contributed by atoms with Crippen LogP contribution in [0.25, 0.3) is 0 Å². The molecule has 21 heavy (non-hydrogen) atoms. The number of nitrogens with zero attached hydrogens (tertiary/aromatic N) is 2. The van der Waals surface area contributed by atoms with Gasteiger partial charge in [0.2, 0.25) is 10.0 Å². The van der Waals surface area contributed by atoms with Crippen LogP contribution in [0.1, 0.15) is 16.8 Å². The second kappa shape index (κ2) is 6.53. The molecule has 0 unspecified atom stereocenters. The molecular formula is C13H16BrN3O2S2. The molecule has 0 spiro atoms. The van der Waals surface area contributed by atoms with E-state index >= 15 is 0 Å². The van der Waals surface area contributed by atoms with Crippen LogP contribution in [0.4, 0.5) is 0 Å². The minimum Gasteiger partial charge on any atom is -0.326 e. The van der Waals surface area contributed by atoms with Crippen molar-refractivity contribution >= 4 is 37.3 Å². The molecule has 0 atom stereocenters. The van der Waals surface area contributed by atoms with Gasteiger partial charge in [0.25, 0.3) is 0 Å². The van der Waals surface area contributed by atoms with Crippen molar-refractivity contribution in [3.63, 3.8) is 0 Å². The van der Waals surface area contributed by atoms with E-state index in [1.165, 1.54) is 15.6 Å². The van der Waals surface area contributed by atoms with E-state index in [4.69, 9.17) is 5.73 Å². The number of rotatable bonds is 5. The average Bonchev–Trinajstić information content (AvgIpc) is 2.94.